The van der Waals surface area contributed by atoms with Gasteiger partial charge < -0.3 is 15.9 Å². The maximum atomic E-state index is 12.4. The molecule has 1 atom stereocenters. The van der Waals surface area contributed by atoms with Gasteiger partial charge in [-0.05, 0) is 57.2 Å². The van der Waals surface area contributed by atoms with Crippen LogP contribution < -0.4 is 15.9 Å². The van der Waals surface area contributed by atoms with Crippen LogP contribution in [-0.2, 0) is 4.79 Å². The number of aryl methyl sites for hydroxylation is 1. The number of amides is 1. The van der Waals surface area contributed by atoms with Gasteiger partial charge >= 0.3 is 0 Å². The highest BCUT2D eigenvalue weighted by molar-refractivity contribution is 8.00. The first-order valence-electron chi connectivity index (χ1n) is 8.96. The summed E-state index contributed by atoms with van der Waals surface area (Å²) in [6.07, 6.45) is 0. The van der Waals surface area contributed by atoms with Gasteiger partial charge in [-0.1, -0.05) is 29.5 Å². The molecule has 1 heterocycles. The molecule has 0 aliphatic carbocycles. The summed E-state index contributed by atoms with van der Waals surface area (Å²) < 4.78 is 6.84. The molecule has 8 heteroatoms. The third-order valence-corrected chi connectivity index (χ3v) is 5.12. The van der Waals surface area contributed by atoms with Crippen LogP contribution in [-0.4, -0.2) is 32.6 Å². The molecular weight excluding hydrogens is 374 g/mol. The van der Waals surface area contributed by atoms with Crippen molar-refractivity contribution in [3.8, 4) is 17.1 Å². The SMILES string of the molecule is CCOc1ccc(-c2nnc(S[C@@H](C)C(=O)Nc3ccc(C)cc3)n2N)cc1. The lowest BCUT2D eigenvalue weighted by atomic mass is 10.2. The molecule has 0 radical (unpaired) electrons. The van der Waals surface area contributed by atoms with Gasteiger partial charge in [0, 0.05) is 11.3 Å². The van der Waals surface area contributed by atoms with E-state index < -0.39 is 0 Å². The number of hydrogen-bond acceptors (Lipinski definition) is 6. The van der Waals surface area contributed by atoms with Crippen molar-refractivity contribution in [1.82, 2.24) is 14.9 Å². The van der Waals surface area contributed by atoms with Crippen molar-refractivity contribution in [3.63, 3.8) is 0 Å². The third kappa shape index (κ3) is 4.64. The number of carbonyl (C=O) groups is 1. The Balaban J connectivity index is 1.67. The predicted molar refractivity (Wildman–Crippen MR) is 112 cm³/mol. The topological polar surface area (TPSA) is 95.1 Å². The summed E-state index contributed by atoms with van der Waals surface area (Å²) in [5.74, 6) is 7.34. The quantitative estimate of drug-likeness (QED) is 0.468. The first-order chi connectivity index (χ1) is 13.5. The van der Waals surface area contributed by atoms with E-state index in [1.165, 1.54) is 16.4 Å². The molecule has 0 saturated heterocycles. The molecule has 2 aromatic carbocycles. The van der Waals surface area contributed by atoms with E-state index in [0.717, 1.165) is 22.6 Å². The van der Waals surface area contributed by atoms with Crippen LogP contribution in [0.5, 0.6) is 5.75 Å². The lowest BCUT2D eigenvalue weighted by Gasteiger charge is -2.12. The van der Waals surface area contributed by atoms with Crippen LogP contribution in [0.2, 0.25) is 0 Å². The Kier molecular flexibility index (Phi) is 6.20. The molecular formula is C20H23N5O2S. The minimum atomic E-state index is -0.388. The minimum absolute atomic E-state index is 0.125. The molecule has 0 aliphatic rings. The Labute approximate surface area is 168 Å². The standard InChI is InChI=1S/C20H23N5O2S/c1-4-27-17-11-7-15(8-12-17)18-23-24-20(25(18)21)28-14(3)19(26)22-16-9-5-13(2)6-10-16/h5-12,14H,4,21H2,1-3H3,(H,22,26)/t14-/m0/s1. The molecule has 1 aromatic heterocycles. The van der Waals surface area contributed by atoms with E-state index in [4.69, 9.17) is 10.6 Å². The Bertz CT molecular complexity index is 938. The molecule has 0 saturated carbocycles. The second kappa shape index (κ2) is 8.79. The molecule has 0 spiro atoms. The highest BCUT2D eigenvalue weighted by Crippen LogP contribution is 2.26. The summed E-state index contributed by atoms with van der Waals surface area (Å²) in [5, 5.41) is 11.3. The lowest BCUT2D eigenvalue weighted by Crippen LogP contribution is -2.23. The van der Waals surface area contributed by atoms with Crippen molar-refractivity contribution in [2.24, 2.45) is 0 Å². The summed E-state index contributed by atoms with van der Waals surface area (Å²) in [7, 11) is 0. The van der Waals surface area contributed by atoms with Crippen LogP contribution in [0.15, 0.2) is 53.7 Å². The van der Waals surface area contributed by atoms with Crippen LogP contribution in [0.25, 0.3) is 11.4 Å². The summed E-state index contributed by atoms with van der Waals surface area (Å²) in [5.41, 5.74) is 2.72. The van der Waals surface area contributed by atoms with E-state index in [1.807, 2.05) is 62.4 Å². The van der Waals surface area contributed by atoms with Gasteiger partial charge in [0.25, 0.3) is 0 Å². The first-order valence-corrected chi connectivity index (χ1v) is 9.83. The number of carbonyl (C=O) groups excluding carboxylic acids is 1. The van der Waals surface area contributed by atoms with E-state index >= 15 is 0 Å². The van der Waals surface area contributed by atoms with Crippen molar-refractivity contribution in [2.75, 3.05) is 17.8 Å². The molecule has 0 bridgehead atoms. The van der Waals surface area contributed by atoms with Crippen molar-refractivity contribution < 1.29 is 9.53 Å². The van der Waals surface area contributed by atoms with Gasteiger partial charge in [-0.3, -0.25) is 4.79 Å². The van der Waals surface area contributed by atoms with Crippen LogP contribution in [0, 0.1) is 6.92 Å². The molecule has 3 N–H and O–H groups in total. The van der Waals surface area contributed by atoms with E-state index in [2.05, 4.69) is 15.5 Å². The Morgan fingerprint density at radius 3 is 2.50 bits per heavy atom. The molecule has 3 rings (SSSR count). The normalized spacial score (nSPS) is 11.8. The number of aromatic nitrogens is 3. The second-order valence-corrected chi connectivity index (χ2v) is 7.56. The fourth-order valence-electron chi connectivity index (χ4n) is 2.51. The number of rotatable bonds is 7. The third-order valence-electron chi connectivity index (χ3n) is 4.06. The molecule has 0 aliphatic heterocycles. The lowest BCUT2D eigenvalue weighted by molar-refractivity contribution is -0.115. The van der Waals surface area contributed by atoms with Crippen molar-refractivity contribution in [2.45, 2.75) is 31.2 Å². The number of nitrogens with zero attached hydrogens (tertiary/aromatic N) is 3. The van der Waals surface area contributed by atoms with Crippen LogP contribution in [0.4, 0.5) is 5.69 Å². The van der Waals surface area contributed by atoms with Gasteiger partial charge in [0.05, 0.1) is 11.9 Å². The maximum absolute atomic E-state index is 12.4. The second-order valence-electron chi connectivity index (χ2n) is 6.25. The highest BCUT2D eigenvalue weighted by Gasteiger charge is 2.20. The van der Waals surface area contributed by atoms with Gasteiger partial charge in [0.2, 0.25) is 11.1 Å². The number of ether oxygens (including phenoxy) is 1. The largest absolute Gasteiger partial charge is 0.494 e. The average molecular weight is 398 g/mol. The number of nitrogens with one attached hydrogen (secondary N) is 1. The Morgan fingerprint density at radius 2 is 1.86 bits per heavy atom. The monoisotopic (exact) mass is 397 g/mol. The predicted octanol–water partition coefficient (Wildman–Crippen LogP) is 3.49. The van der Waals surface area contributed by atoms with E-state index in [-0.39, 0.29) is 11.2 Å². The number of hydrogen-bond donors (Lipinski definition) is 2. The maximum Gasteiger partial charge on any atom is 0.237 e. The Hall–Kier alpha value is -3.00. The number of benzene rings is 2. The Morgan fingerprint density at radius 1 is 1.18 bits per heavy atom. The van der Waals surface area contributed by atoms with Crippen LogP contribution in [0.3, 0.4) is 0 Å². The van der Waals surface area contributed by atoms with Gasteiger partial charge in [0.1, 0.15) is 5.75 Å². The summed E-state index contributed by atoms with van der Waals surface area (Å²) in [4.78, 5) is 12.4. The first kappa shape index (κ1) is 19.8. The fourth-order valence-corrected chi connectivity index (χ4v) is 3.28. The molecule has 7 nitrogen and oxygen atoms in total. The van der Waals surface area contributed by atoms with Crippen LogP contribution in [0.1, 0.15) is 19.4 Å². The number of anilines is 1. The van der Waals surface area contributed by atoms with Crippen LogP contribution >= 0.6 is 11.8 Å². The average Bonchev–Trinajstić information content (AvgIpc) is 3.05. The molecule has 3 aromatic rings. The van der Waals surface area contributed by atoms with E-state index in [0.29, 0.717) is 17.6 Å². The fraction of sp³-hybridized carbons (Fsp3) is 0.250. The van der Waals surface area contributed by atoms with Crippen molar-refractivity contribution in [3.05, 3.63) is 54.1 Å². The summed E-state index contributed by atoms with van der Waals surface area (Å²) in [6, 6.07) is 15.1. The zero-order valence-electron chi connectivity index (χ0n) is 16.0. The van der Waals surface area contributed by atoms with E-state index in [1.54, 1.807) is 6.92 Å². The zero-order chi connectivity index (χ0) is 20.1. The smallest absolute Gasteiger partial charge is 0.237 e. The zero-order valence-corrected chi connectivity index (χ0v) is 16.9. The van der Waals surface area contributed by atoms with Gasteiger partial charge in [-0.2, -0.15) is 0 Å². The number of nitrogens with two attached hydrogens (primary N) is 1. The summed E-state index contributed by atoms with van der Waals surface area (Å²) >= 11 is 1.26. The minimum Gasteiger partial charge on any atom is -0.494 e. The van der Waals surface area contributed by atoms with Gasteiger partial charge in [-0.15, -0.1) is 10.2 Å². The van der Waals surface area contributed by atoms with E-state index in [9.17, 15) is 4.79 Å². The molecule has 1 amide bonds. The molecule has 146 valence electrons. The summed E-state index contributed by atoms with van der Waals surface area (Å²) in [6.45, 7) is 6.35. The molecule has 0 unspecified atom stereocenters. The molecule has 28 heavy (non-hydrogen) atoms. The van der Waals surface area contributed by atoms with Crippen molar-refractivity contribution in [1.29, 1.82) is 0 Å². The van der Waals surface area contributed by atoms with Crippen molar-refractivity contribution >= 4 is 23.4 Å². The van der Waals surface area contributed by atoms with Gasteiger partial charge in [0.15, 0.2) is 5.82 Å². The molecule has 0 fully saturated rings. The number of thioether (sulfide) groups is 1. The number of nitrogen functional groups attached to an aromatic ring is 1. The highest BCUT2D eigenvalue weighted by atomic mass is 32.2. The van der Waals surface area contributed by atoms with Gasteiger partial charge in [-0.25, -0.2) is 4.68 Å².